The zero-order chi connectivity index (χ0) is 38.6. The second kappa shape index (κ2) is 12.4. The molecule has 2 aliphatic heterocycles. The van der Waals surface area contributed by atoms with E-state index in [1.165, 1.54) is 32.5 Å². The Labute approximate surface area is 338 Å². The number of aromatic nitrogens is 1. The van der Waals surface area contributed by atoms with Gasteiger partial charge in [-0.2, -0.15) is 0 Å². The first-order valence-electron chi connectivity index (χ1n) is 20.2. The number of fused-ring (bicyclic) bond motifs is 11. The Hall–Kier alpha value is -7.70. The summed E-state index contributed by atoms with van der Waals surface area (Å²) in [5, 5.41) is 13.1. The predicted molar refractivity (Wildman–Crippen MR) is 240 cm³/mol. The number of hydrogen-bond acceptors (Lipinski definition) is 5. The number of para-hydroxylation sites is 3. The van der Waals surface area contributed by atoms with Crippen LogP contribution in [0.2, 0.25) is 0 Å². The van der Waals surface area contributed by atoms with Crippen LogP contribution in [0.1, 0.15) is 28.8 Å². The van der Waals surface area contributed by atoms with Gasteiger partial charge in [-0.05, 0) is 81.7 Å². The lowest BCUT2D eigenvalue weighted by atomic mass is 9.88. The van der Waals surface area contributed by atoms with Crippen molar-refractivity contribution in [2.45, 2.75) is 18.2 Å². The van der Waals surface area contributed by atoms with Gasteiger partial charge in [-0.15, -0.1) is 0 Å². The highest BCUT2D eigenvalue weighted by Crippen LogP contribution is 2.43. The molecule has 13 rings (SSSR count). The summed E-state index contributed by atoms with van der Waals surface area (Å²) in [5.41, 5.74) is 8.96. The second-order valence-corrected chi connectivity index (χ2v) is 15.7. The third-order valence-electron chi connectivity index (χ3n) is 12.3. The van der Waals surface area contributed by atoms with E-state index in [1.54, 1.807) is 0 Å². The summed E-state index contributed by atoms with van der Waals surface area (Å²) in [6.07, 6.45) is 6.06. The van der Waals surface area contributed by atoms with E-state index in [9.17, 15) is 0 Å². The van der Waals surface area contributed by atoms with E-state index in [0.717, 1.165) is 66.5 Å². The third kappa shape index (κ3) is 4.99. The first kappa shape index (κ1) is 32.4. The fraction of sp³-hybridized carbons (Fsp3) is 0.0566. The normalized spacial score (nSPS) is 18.5. The molecular formula is C53H34N4O2. The average molecular weight is 759 g/mol. The number of aliphatic imine (C=N–C) groups is 2. The molecule has 0 radical (unpaired) electrons. The average Bonchev–Trinajstić information content (AvgIpc) is 3.96. The molecule has 3 aliphatic rings. The monoisotopic (exact) mass is 758 g/mol. The van der Waals surface area contributed by atoms with Gasteiger partial charge in [0.2, 0.25) is 0 Å². The molecule has 3 unspecified atom stereocenters. The van der Waals surface area contributed by atoms with Crippen molar-refractivity contribution in [3.8, 4) is 11.4 Å². The zero-order valence-electron chi connectivity index (χ0n) is 31.7. The minimum atomic E-state index is -0.413. The topological polar surface area (TPSA) is 64.0 Å². The molecule has 1 aliphatic carbocycles. The summed E-state index contributed by atoms with van der Waals surface area (Å²) in [6.45, 7) is 0. The van der Waals surface area contributed by atoms with Crippen LogP contribution >= 0.6 is 0 Å². The summed E-state index contributed by atoms with van der Waals surface area (Å²) in [5.74, 6) is 2.36. The van der Waals surface area contributed by atoms with Crippen LogP contribution in [-0.4, -0.2) is 22.3 Å². The molecule has 0 saturated heterocycles. The predicted octanol–water partition coefficient (Wildman–Crippen LogP) is 12.5. The van der Waals surface area contributed by atoms with Crippen molar-refractivity contribution in [2.75, 3.05) is 0 Å². The van der Waals surface area contributed by atoms with E-state index in [0.29, 0.717) is 11.7 Å². The molecule has 8 aromatic carbocycles. The third-order valence-corrected chi connectivity index (χ3v) is 12.3. The maximum atomic E-state index is 6.80. The lowest BCUT2D eigenvalue weighted by Crippen LogP contribution is -2.34. The Morgan fingerprint density at radius 3 is 2.24 bits per heavy atom. The maximum absolute atomic E-state index is 6.80. The van der Waals surface area contributed by atoms with Crippen molar-refractivity contribution in [1.29, 1.82) is 0 Å². The molecule has 0 spiro atoms. The van der Waals surface area contributed by atoms with Gasteiger partial charge in [0.15, 0.2) is 5.84 Å². The molecular weight excluding hydrogens is 725 g/mol. The minimum absolute atomic E-state index is 0.0617. The summed E-state index contributed by atoms with van der Waals surface area (Å²) in [4.78, 5) is 10.8. The molecule has 0 saturated carbocycles. The fourth-order valence-electron chi connectivity index (χ4n) is 9.51. The molecule has 2 aromatic heterocycles. The van der Waals surface area contributed by atoms with Gasteiger partial charge in [0, 0.05) is 44.3 Å². The van der Waals surface area contributed by atoms with Crippen molar-refractivity contribution >= 4 is 77.0 Å². The number of furan rings is 1. The summed E-state index contributed by atoms with van der Waals surface area (Å²) in [6, 6.07) is 58.1. The fourth-order valence-corrected chi connectivity index (χ4v) is 9.51. The van der Waals surface area contributed by atoms with E-state index in [1.807, 2.05) is 24.3 Å². The van der Waals surface area contributed by atoms with Gasteiger partial charge >= 0.3 is 0 Å². The van der Waals surface area contributed by atoms with E-state index in [2.05, 4.69) is 168 Å². The molecule has 59 heavy (non-hydrogen) atoms. The van der Waals surface area contributed by atoms with Gasteiger partial charge in [0.1, 0.15) is 35.0 Å². The smallest absolute Gasteiger partial charge is 0.159 e. The van der Waals surface area contributed by atoms with Crippen LogP contribution < -0.4 is 10.1 Å². The lowest BCUT2D eigenvalue weighted by molar-refractivity contribution is 0.268. The minimum Gasteiger partial charge on any atom is -0.485 e. The van der Waals surface area contributed by atoms with Crippen LogP contribution in [-0.2, 0) is 0 Å². The van der Waals surface area contributed by atoms with Crippen molar-refractivity contribution in [3.05, 3.63) is 204 Å². The highest BCUT2D eigenvalue weighted by Gasteiger charge is 2.35. The number of ether oxygens (including phenoxy) is 1. The Morgan fingerprint density at radius 1 is 0.593 bits per heavy atom. The first-order chi connectivity index (χ1) is 29.2. The Bertz CT molecular complexity index is 3550. The van der Waals surface area contributed by atoms with Gasteiger partial charge in [0.25, 0.3) is 0 Å². The number of hydrogen-bond donors (Lipinski definition) is 1. The Kier molecular flexibility index (Phi) is 6.81. The molecule has 10 aromatic rings. The molecule has 4 heterocycles. The van der Waals surface area contributed by atoms with Gasteiger partial charge < -0.3 is 19.0 Å². The number of nitrogens with one attached hydrogen (secondary N) is 1. The first-order valence-corrected chi connectivity index (χ1v) is 20.2. The van der Waals surface area contributed by atoms with Crippen molar-refractivity contribution in [1.82, 2.24) is 9.88 Å². The van der Waals surface area contributed by atoms with E-state index in [-0.39, 0.29) is 12.0 Å². The highest BCUT2D eigenvalue weighted by atomic mass is 16.5. The SMILES string of the molecule is C1=CC2Oc3ccccc3C2C=C1C1=NC(c2ccc3ccccc3c2)NC(c2cc(-n3c4ccccc4c4cc5ccccc5cc43)cc3c2oc2ccccc23)=N1. The zero-order valence-corrected chi connectivity index (χ0v) is 31.7. The molecule has 0 amide bonds. The summed E-state index contributed by atoms with van der Waals surface area (Å²) < 4.78 is 15.5. The van der Waals surface area contributed by atoms with Gasteiger partial charge in [-0.25, -0.2) is 9.98 Å². The standard InChI is InChI=1S/C53H34N4O2/c1-2-12-32-25-35(22-21-31(32)11-1)51-54-52(36-23-24-49-42(27-36)39-16-6-9-19-47(39)58-49)56-53(55-51)44-30-37(29-43-40-17-7-10-20-48(40)59-50(43)44)57-45-18-8-5-15-38(45)41-26-33-13-3-4-14-34(33)28-46(41)57/h1-30,42,49,51H,(H,54,55,56). The quantitative estimate of drug-likeness (QED) is 0.194. The van der Waals surface area contributed by atoms with Gasteiger partial charge in [-0.3, -0.25) is 0 Å². The molecule has 6 nitrogen and oxygen atoms in total. The molecule has 278 valence electrons. The molecule has 0 fully saturated rings. The number of nitrogens with zero attached hydrogens (tertiary/aromatic N) is 3. The van der Waals surface area contributed by atoms with Crippen molar-refractivity contribution < 1.29 is 9.15 Å². The molecule has 3 atom stereocenters. The highest BCUT2D eigenvalue weighted by molar-refractivity contribution is 6.21. The summed E-state index contributed by atoms with van der Waals surface area (Å²) >= 11 is 0. The van der Waals surface area contributed by atoms with Crippen LogP contribution in [0.5, 0.6) is 5.75 Å². The Morgan fingerprint density at radius 2 is 1.34 bits per heavy atom. The van der Waals surface area contributed by atoms with E-state index >= 15 is 0 Å². The van der Waals surface area contributed by atoms with Crippen LogP contribution in [0.4, 0.5) is 0 Å². The van der Waals surface area contributed by atoms with Crippen molar-refractivity contribution in [3.63, 3.8) is 0 Å². The van der Waals surface area contributed by atoms with Crippen LogP contribution in [0.25, 0.3) is 71.0 Å². The maximum Gasteiger partial charge on any atom is 0.159 e. The van der Waals surface area contributed by atoms with Crippen LogP contribution in [0, 0.1) is 0 Å². The second-order valence-electron chi connectivity index (χ2n) is 15.7. The largest absolute Gasteiger partial charge is 0.485 e. The van der Waals surface area contributed by atoms with Crippen LogP contribution in [0.15, 0.2) is 202 Å². The lowest BCUT2D eigenvalue weighted by Gasteiger charge is -2.26. The molecule has 6 heteroatoms. The van der Waals surface area contributed by atoms with Crippen LogP contribution in [0.3, 0.4) is 0 Å². The molecule has 1 N–H and O–H groups in total. The number of benzene rings is 8. The van der Waals surface area contributed by atoms with Crippen molar-refractivity contribution in [2.24, 2.45) is 9.98 Å². The van der Waals surface area contributed by atoms with Gasteiger partial charge in [0.05, 0.1) is 16.6 Å². The summed E-state index contributed by atoms with van der Waals surface area (Å²) in [7, 11) is 0. The van der Waals surface area contributed by atoms with E-state index in [4.69, 9.17) is 19.1 Å². The molecule has 0 bridgehead atoms. The number of amidine groups is 2. The van der Waals surface area contributed by atoms with E-state index < -0.39 is 6.17 Å². The Balaban J connectivity index is 1.05. The number of rotatable bonds is 4. The van der Waals surface area contributed by atoms with Gasteiger partial charge in [-0.1, -0.05) is 127 Å².